The van der Waals surface area contributed by atoms with E-state index in [1.54, 1.807) is 6.07 Å². The average molecular weight is 439 g/mol. The SMILES string of the molecule is CC1(C)C(NC(=O)c2ccc(Cl)c(S(=O)(=O)N3CCCCC3)c2)[C@@]2(C)CC[C@H]1C2. The number of nitrogens with zero attached hydrogens (tertiary/aromatic N) is 1. The van der Waals surface area contributed by atoms with Gasteiger partial charge in [0, 0.05) is 24.7 Å². The molecule has 160 valence electrons. The number of nitrogens with one attached hydrogen (secondary N) is 1. The molecule has 1 heterocycles. The third kappa shape index (κ3) is 3.51. The average Bonchev–Trinajstić information content (AvgIpc) is 3.17. The van der Waals surface area contributed by atoms with Gasteiger partial charge < -0.3 is 5.32 Å². The fraction of sp³-hybridized carbons (Fsp3) is 0.682. The summed E-state index contributed by atoms with van der Waals surface area (Å²) in [5, 5.41) is 3.41. The molecule has 5 nitrogen and oxygen atoms in total. The molecule has 4 rings (SSSR count). The van der Waals surface area contributed by atoms with Gasteiger partial charge in [0.15, 0.2) is 0 Å². The highest BCUT2D eigenvalue weighted by molar-refractivity contribution is 7.89. The van der Waals surface area contributed by atoms with E-state index >= 15 is 0 Å². The summed E-state index contributed by atoms with van der Waals surface area (Å²) in [4.78, 5) is 13.1. The van der Waals surface area contributed by atoms with Crippen LogP contribution in [0.15, 0.2) is 23.1 Å². The van der Waals surface area contributed by atoms with Crippen LogP contribution in [0.25, 0.3) is 0 Å². The molecule has 0 aromatic heterocycles. The van der Waals surface area contributed by atoms with Crippen molar-refractivity contribution in [1.29, 1.82) is 0 Å². The second kappa shape index (κ2) is 7.24. The second-order valence-corrected chi connectivity index (χ2v) is 12.2. The fourth-order valence-electron chi connectivity index (χ4n) is 5.96. The number of amides is 1. The summed E-state index contributed by atoms with van der Waals surface area (Å²) < 4.78 is 27.7. The Morgan fingerprint density at radius 3 is 2.48 bits per heavy atom. The molecule has 3 fully saturated rings. The van der Waals surface area contributed by atoms with Crippen molar-refractivity contribution in [3.63, 3.8) is 0 Å². The first-order valence-corrected chi connectivity index (χ1v) is 12.5. The van der Waals surface area contributed by atoms with Gasteiger partial charge in [0.25, 0.3) is 5.91 Å². The van der Waals surface area contributed by atoms with Gasteiger partial charge >= 0.3 is 0 Å². The maximum Gasteiger partial charge on any atom is 0.251 e. The lowest BCUT2D eigenvalue weighted by atomic mass is 9.68. The first kappa shape index (κ1) is 21.1. The van der Waals surface area contributed by atoms with Crippen molar-refractivity contribution in [3.8, 4) is 0 Å². The number of hydrogen-bond donors (Lipinski definition) is 1. The minimum Gasteiger partial charge on any atom is -0.348 e. The zero-order valence-corrected chi connectivity index (χ0v) is 19.1. The third-order valence-electron chi connectivity index (χ3n) is 7.67. The minimum absolute atomic E-state index is 0.0344. The molecule has 2 aliphatic carbocycles. The van der Waals surface area contributed by atoms with Gasteiger partial charge in [0.1, 0.15) is 4.90 Å². The van der Waals surface area contributed by atoms with Crippen LogP contribution >= 0.6 is 11.6 Å². The van der Waals surface area contributed by atoms with E-state index in [1.165, 1.54) is 22.9 Å². The number of hydrogen-bond acceptors (Lipinski definition) is 3. The van der Waals surface area contributed by atoms with Crippen molar-refractivity contribution >= 4 is 27.5 Å². The van der Waals surface area contributed by atoms with E-state index in [1.807, 2.05) is 0 Å². The molecule has 1 N–H and O–H groups in total. The van der Waals surface area contributed by atoms with Gasteiger partial charge in [-0.25, -0.2) is 8.42 Å². The summed E-state index contributed by atoms with van der Waals surface area (Å²) in [5.41, 5.74) is 0.503. The van der Waals surface area contributed by atoms with Gasteiger partial charge in [0.05, 0.1) is 5.02 Å². The summed E-state index contributed by atoms with van der Waals surface area (Å²) in [6, 6.07) is 4.68. The first-order valence-electron chi connectivity index (χ1n) is 10.7. The molecular formula is C22H31ClN2O3S. The highest BCUT2D eigenvalue weighted by Crippen LogP contribution is 2.62. The van der Waals surface area contributed by atoms with Crippen LogP contribution in [-0.2, 0) is 10.0 Å². The van der Waals surface area contributed by atoms with Gasteiger partial charge in [-0.1, -0.05) is 38.8 Å². The smallest absolute Gasteiger partial charge is 0.251 e. The van der Waals surface area contributed by atoms with Crippen LogP contribution < -0.4 is 5.32 Å². The predicted octanol–water partition coefficient (Wildman–Crippen LogP) is 4.46. The largest absolute Gasteiger partial charge is 0.348 e. The maximum absolute atomic E-state index is 13.1. The van der Waals surface area contributed by atoms with E-state index in [0.29, 0.717) is 24.6 Å². The molecule has 29 heavy (non-hydrogen) atoms. The van der Waals surface area contributed by atoms with Crippen LogP contribution in [0, 0.1) is 16.7 Å². The van der Waals surface area contributed by atoms with Gasteiger partial charge in [0.2, 0.25) is 10.0 Å². The number of sulfonamides is 1. The second-order valence-electron chi connectivity index (χ2n) is 9.93. The molecule has 1 amide bonds. The van der Waals surface area contributed by atoms with Gasteiger partial charge in [-0.05, 0) is 67.1 Å². The van der Waals surface area contributed by atoms with E-state index in [0.717, 1.165) is 32.1 Å². The Labute approximate surface area is 179 Å². The molecule has 2 saturated carbocycles. The Bertz CT molecular complexity index is 919. The fourth-order valence-corrected chi connectivity index (χ4v) is 7.98. The molecule has 1 saturated heterocycles. The zero-order valence-electron chi connectivity index (χ0n) is 17.5. The molecule has 0 spiro atoms. The summed E-state index contributed by atoms with van der Waals surface area (Å²) in [7, 11) is -3.70. The number of rotatable bonds is 4. The Morgan fingerprint density at radius 1 is 1.17 bits per heavy atom. The van der Waals surface area contributed by atoms with Gasteiger partial charge in [-0.15, -0.1) is 0 Å². The first-order chi connectivity index (χ1) is 13.6. The molecule has 3 atom stereocenters. The van der Waals surface area contributed by atoms with Crippen molar-refractivity contribution < 1.29 is 13.2 Å². The maximum atomic E-state index is 13.1. The lowest BCUT2D eigenvalue weighted by Gasteiger charge is -2.43. The molecule has 0 radical (unpaired) electrons. The zero-order chi connectivity index (χ0) is 21.0. The highest BCUT2D eigenvalue weighted by Gasteiger charge is 2.59. The van der Waals surface area contributed by atoms with E-state index in [2.05, 4.69) is 26.1 Å². The van der Waals surface area contributed by atoms with Crippen LogP contribution in [-0.4, -0.2) is 37.8 Å². The molecule has 2 bridgehead atoms. The summed E-state index contributed by atoms with van der Waals surface area (Å²) in [5.74, 6) is 0.404. The standard InChI is InChI=1S/C22H31ClN2O3S/c1-21(2)16-9-10-22(3,14-16)20(21)24-19(26)15-7-8-17(23)18(13-15)29(27,28)25-11-5-4-6-12-25/h7-8,13,16,20H,4-6,9-12,14H2,1-3H3,(H,24,26)/t16-,20?,22-/m0/s1. The third-order valence-corrected chi connectivity index (χ3v) is 10.1. The van der Waals surface area contributed by atoms with E-state index < -0.39 is 10.0 Å². The topological polar surface area (TPSA) is 66.5 Å². The molecule has 1 unspecified atom stereocenters. The predicted molar refractivity (Wildman–Crippen MR) is 115 cm³/mol. The Hall–Kier alpha value is -1.11. The van der Waals surface area contributed by atoms with Crippen molar-refractivity contribution in [2.45, 2.75) is 70.2 Å². The van der Waals surface area contributed by atoms with Crippen LogP contribution in [0.5, 0.6) is 0 Å². The van der Waals surface area contributed by atoms with Crippen molar-refractivity contribution in [2.75, 3.05) is 13.1 Å². The summed E-state index contributed by atoms with van der Waals surface area (Å²) in [6.45, 7) is 7.75. The Balaban J connectivity index is 1.60. The number of benzene rings is 1. The summed E-state index contributed by atoms with van der Waals surface area (Å²) >= 11 is 6.26. The molecular weight excluding hydrogens is 408 g/mol. The van der Waals surface area contributed by atoms with Crippen molar-refractivity contribution in [3.05, 3.63) is 28.8 Å². The normalized spacial score (nSPS) is 31.7. The van der Waals surface area contributed by atoms with E-state index in [9.17, 15) is 13.2 Å². The van der Waals surface area contributed by atoms with E-state index in [-0.39, 0.29) is 32.7 Å². The Morgan fingerprint density at radius 2 is 1.86 bits per heavy atom. The van der Waals surface area contributed by atoms with Gasteiger partial charge in [-0.2, -0.15) is 4.31 Å². The highest BCUT2D eigenvalue weighted by atomic mass is 35.5. The van der Waals surface area contributed by atoms with Crippen molar-refractivity contribution in [1.82, 2.24) is 9.62 Å². The van der Waals surface area contributed by atoms with Crippen LogP contribution in [0.2, 0.25) is 5.02 Å². The lowest BCUT2D eigenvalue weighted by Crippen LogP contribution is -2.52. The molecule has 3 aliphatic rings. The van der Waals surface area contributed by atoms with Crippen molar-refractivity contribution in [2.24, 2.45) is 16.7 Å². The molecule has 1 aromatic rings. The number of piperidine rings is 1. The van der Waals surface area contributed by atoms with Gasteiger partial charge in [-0.3, -0.25) is 4.79 Å². The molecule has 1 aliphatic heterocycles. The monoisotopic (exact) mass is 438 g/mol. The number of fused-ring (bicyclic) bond motifs is 2. The molecule has 7 heteroatoms. The quantitative estimate of drug-likeness (QED) is 0.754. The number of halogens is 1. The van der Waals surface area contributed by atoms with Crippen LogP contribution in [0.1, 0.15) is 69.7 Å². The van der Waals surface area contributed by atoms with Crippen LogP contribution in [0.3, 0.4) is 0 Å². The van der Waals surface area contributed by atoms with E-state index in [4.69, 9.17) is 11.6 Å². The molecule has 1 aromatic carbocycles. The Kier molecular flexibility index (Phi) is 5.28. The lowest BCUT2D eigenvalue weighted by molar-refractivity contribution is 0.0737. The number of carbonyl (C=O) groups is 1. The summed E-state index contributed by atoms with van der Waals surface area (Å²) in [6.07, 6.45) is 6.23. The minimum atomic E-state index is -3.70. The van der Waals surface area contributed by atoms with Crippen LogP contribution in [0.4, 0.5) is 0 Å². The number of carbonyl (C=O) groups excluding carboxylic acids is 1.